The molecule has 0 atom stereocenters. The Hall–Kier alpha value is -2.04. The number of hydrogen-bond acceptors (Lipinski definition) is 4. The maximum Gasteiger partial charge on any atom is 0.118 e. The van der Waals surface area contributed by atoms with Crippen molar-refractivity contribution in [3.8, 4) is 11.5 Å². The van der Waals surface area contributed by atoms with Crippen molar-refractivity contribution in [2.75, 3.05) is 27.3 Å². The van der Waals surface area contributed by atoms with E-state index >= 15 is 0 Å². The number of hydrogen-bond donors (Lipinski definition) is 1. The van der Waals surface area contributed by atoms with Crippen LogP contribution in [0, 0.1) is 11.8 Å². The largest absolute Gasteiger partial charge is 0.497 e. The Morgan fingerprint density at radius 3 is 1.57 bits per heavy atom. The normalized spacial score (nSPS) is 19.6. The highest BCUT2D eigenvalue weighted by atomic mass is 16.5. The second-order valence-corrected chi connectivity index (χ2v) is 7.99. The molecule has 152 valence electrons. The van der Waals surface area contributed by atoms with Crippen LogP contribution in [0.25, 0.3) is 0 Å². The second-order valence-electron chi connectivity index (χ2n) is 7.99. The average molecular weight is 383 g/mol. The summed E-state index contributed by atoms with van der Waals surface area (Å²) < 4.78 is 10.6. The molecule has 0 bridgehead atoms. The minimum Gasteiger partial charge on any atom is -0.497 e. The molecule has 0 aromatic heterocycles. The van der Waals surface area contributed by atoms with E-state index < -0.39 is 0 Å². The van der Waals surface area contributed by atoms with Crippen LogP contribution in [0.1, 0.15) is 36.8 Å². The molecule has 1 fully saturated rings. The molecule has 1 aliphatic carbocycles. The molecule has 0 radical (unpaired) electrons. The van der Waals surface area contributed by atoms with Crippen LogP contribution in [0.15, 0.2) is 48.5 Å². The van der Waals surface area contributed by atoms with Crippen molar-refractivity contribution in [1.82, 2.24) is 4.90 Å². The van der Waals surface area contributed by atoms with Crippen LogP contribution in [0.2, 0.25) is 0 Å². The van der Waals surface area contributed by atoms with Crippen LogP contribution in [0.5, 0.6) is 11.5 Å². The summed E-state index contributed by atoms with van der Waals surface area (Å²) in [4.78, 5) is 2.58. The summed E-state index contributed by atoms with van der Waals surface area (Å²) in [6, 6.07) is 16.9. The summed E-state index contributed by atoms with van der Waals surface area (Å²) in [5.74, 6) is 3.31. The van der Waals surface area contributed by atoms with Gasteiger partial charge < -0.3 is 15.2 Å². The molecule has 0 amide bonds. The molecule has 4 heteroatoms. The Labute approximate surface area is 169 Å². The number of nitrogens with two attached hydrogens (primary N) is 1. The predicted molar refractivity (Wildman–Crippen MR) is 115 cm³/mol. The van der Waals surface area contributed by atoms with E-state index in [0.29, 0.717) is 0 Å². The number of methoxy groups -OCH3 is 2. The van der Waals surface area contributed by atoms with Crippen molar-refractivity contribution in [1.29, 1.82) is 0 Å². The van der Waals surface area contributed by atoms with Crippen molar-refractivity contribution in [2.24, 2.45) is 17.6 Å². The van der Waals surface area contributed by atoms with Crippen LogP contribution in [-0.2, 0) is 13.1 Å². The first-order chi connectivity index (χ1) is 13.7. The van der Waals surface area contributed by atoms with Gasteiger partial charge in [0.25, 0.3) is 0 Å². The molecule has 2 aromatic rings. The fourth-order valence-corrected chi connectivity index (χ4v) is 4.18. The van der Waals surface area contributed by atoms with Gasteiger partial charge in [0.1, 0.15) is 11.5 Å². The summed E-state index contributed by atoms with van der Waals surface area (Å²) in [7, 11) is 3.42. The lowest BCUT2D eigenvalue weighted by atomic mass is 9.82. The Bertz CT molecular complexity index is 642. The van der Waals surface area contributed by atoms with E-state index in [1.807, 2.05) is 24.3 Å². The number of nitrogens with zero attached hydrogens (tertiary/aromatic N) is 1. The highest BCUT2D eigenvalue weighted by molar-refractivity contribution is 5.28. The molecule has 0 heterocycles. The number of rotatable bonds is 9. The van der Waals surface area contributed by atoms with Gasteiger partial charge in [-0.05, 0) is 79.5 Å². The van der Waals surface area contributed by atoms with Gasteiger partial charge in [-0.3, -0.25) is 4.90 Å². The lowest BCUT2D eigenvalue weighted by Crippen LogP contribution is -2.32. The molecule has 0 saturated heterocycles. The van der Waals surface area contributed by atoms with Gasteiger partial charge in [0.15, 0.2) is 0 Å². The van der Waals surface area contributed by atoms with E-state index in [0.717, 1.165) is 49.5 Å². The van der Waals surface area contributed by atoms with E-state index in [2.05, 4.69) is 29.2 Å². The van der Waals surface area contributed by atoms with E-state index in [4.69, 9.17) is 15.2 Å². The topological polar surface area (TPSA) is 47.7 Å². The zero-order chi connectivity index (χ0) is 19.8. The second kappa shape index (κ2) is 10.5. The van der Waals surface area contributed by atoms with Crippen molar-refractivity contribution in [3.63, 3.8) is 0 Å². The molecular weight excluding hydrogens is 348 g/mol. The quantitative estimate of drug-likeness (QED) is 0.695. The third-order valence-corrected chi connectivity index (χ3v) is 5.95. The highest BCUT2D eigenvalue weighted by Crippen LogP contribution is 2.29. The molecule has 2 N–H and O–H groups in total. The Kier molecular flexibility index (Phi) is 7.75. The molecule has 2 aromatic carbocycles. The maximum absolute atomic E-state index is 5.87. The van der Waals surface area contributed by atoms with Crippen LogP contribution in [0.4, 0.5) is 0 Å². The highest BCUT2D eigenvalue weighted by Gasteiger charge is 2.22. The van der Waals surface area contributed by atoms with Gasteiger partial charge in [-0.15, -0.1) is 0 Å². The number of ether oxygens (including phenoxy) is 2. The monoisotopic (exact) mass is 382 g/mol. The molecule has 1 saturated carbocycles. The van der Waals surface area contributed by atoms with Crippen molar-refractivity contribution >= 4 is 0 Å². The van der Waals surface area contributed by atoms with Crippen LogP contribution < -0.4 is 15.2 Å². The molecule has 1 aliphatic rings. The summed E-state index contributed by atoms with van der Waals surface area (Å²) in [6.45, 7) is 3.88. The molecule has 28 heavy (non-hydrogen) atoms. The van der Waals surface area contributed by atoms with Gasteiger partial charge in [-0.1, -0.05) is 24.3 Å². The lowest BCUT2D eigenvalue weighted by Gasteiger charge is -2.32. The standard InChI is InChI=1S/C24H34N2O2/c1-27-23-11-7-21(8-12-23)17-26(16-20-5-3-19(15-25)4-6-20)18-22-9-13-24(28-2)14-10-22/h7-14,19-20H,3-6,15-18,25H2,1-2H3. The SMILES string of the molecule is COc1ccc(CN(Cc2ccc(OC)cc2)CC2CCC(CN)CC2)cc1. The molecule has 0 unspecified atom stereocenters. The summed E-state index contributed by atoms with van der Waals surface area (Å²) in [5.41, 5.74) is 8.52. The first-order valence-electron chi connectivity index (χ1n) is 10.4. The predicted octanol–water partition coefficient (Wildman–Crippen LogP) is 4.47. The minimum absolute atomic E-state index is 0.730. The van der Waals surface area contributed by atoms with Crippen molar-refractivity contribution in [3.05, 3.63) is 59.7 Å². The molecule has 0 spiro atoms. The van der Waals surface area contributed by atoms with Crippen molar-refractivity contribution in [2.45, 2.75) is 38.8 Å². The van der Waals surface area contributed by atoms with Crippen LogP contribution in [-0.4, -0.2) is 32.2 Å². The van der Waals surface area contributed by atoms with Gasteiger partial charge in [0.2, 0.25) is 0 Å². The first kappa shape index (κ1) is 20.7. The fourth-order valence-electron chi connectivity index (χ4n) is 4.18. The van der Waals surface area contributed by atoms with Gasteiger partial charge in [-0.2, -0.15) is 0 Å². The lowest BCUT2D eigenvalue weighted by molar-refractivity contribution is 0.170. The van der Waals surface area contributed by atoms with Crippen LogP contribution in [0.3, 0.4) is 0 Å². The minimum atomic E-state index is 0.730. The van der Waals surface area contributed by atoms with Gasteiger partial charge in [0, 0.05) is 19.6 Å². The summed E-state index contributed by atoms with van der Waals surface area (Å²) >= 11 is 0. The van der Waals surface area contributed by atoms with Crippen molar-refractivity contribution < 1.29 is 9.47 Å². The summed E-state index contributed by atoms with van der Waals surface area (Å²) in [5, 5.41) is 0. The smallest absolute Gasteiger partial charge is 0.118 e. The molecular formula is C24H34N2O2. The summed E-state index contributed by atoms with van der Waals surface area (Å²) in [6.07, 6.45) is 5.15. The van der Waals surface area contributed by atoms with Gasteiger partial charge in [0.05, 0.1) is 14.2 Å². The zero-order valence-electron chi connectivity index (χ0n) is 17.3. The van der Waals surface area contributed by atoms with E-state index in [1.165, 1.54) is 36.8 Å². The van der Waals surface area contributed by atoms with E-state index in [9.17, 15) is 0 Å². The van der Waals surface area contributed by atoms with E-state index in [1.54, 1.807) is 14.2 Å². The first-order valence-corrected chi connectivity index (χ1v) is 10.4. The average Bonchev–Trinajstić information content (AvgIpc) is 2.75. The Morgan fingerprint density at radius 2 is 1.18 bits per heavy atom. The Morgan fingerprint density at radius 1 is 0.750 bits per heavy atom. The molecule has 0 aliphatic heterocycles. The maximum atomic E-state index is 5.87. The zero-order valence-corrected chi connectivity index (χ0v) is 17.3. The van der Waals surface area contributed by atoms with E-state index in [-0.39, 0.29) is 0 Å². The van der Waals surface area contributed by atoms with Gasteiger partial charge in [-0.25, -0.2) is 0 Å². The third-order valence-electron chi connectivity index (χ3n) is 5.95. The fraction of sp³-hybridized carbons (Fsp3) is 0.500. The molecule has 4 nitrogen and oxygen atoms in total. The number of benzene rings is 2. The third kappa shape index (κ3) is 5.98. The van der Waals surface area contributed by atoms with Crippen LogP contribution >= 0.6 is 0 Å². The van der Waals surface area contributed by atoms with Gasteiger partial charge >= 0.3 is 0 Å². The Balaban J connectivity index is 1.66. The molecule has 3 rings (SSSR count).